The summed E-state index contributed by atoms with van der Waals surface area (Å²) >= 11 is 0. The molecule has 1 aromatic carbocycles. The van der Waals surface area contributed by atoms with Gasteiger partial charge in [0, 0.05) is 43.3 Å². The standard InChI is InChI=1S/C23H27FN6O3/c1-31-23-27-14-18(24)22(29-23)28-15-2-4-17(5-3-15)33-20-13-16(30-8-10-32-11-9-30)12-19-21(20)26-7-6-25-19/h6-7,12-15,17H,2-5,8-11H2,1H3,(H,27,28,29). The van der Waals surface area contributed by atoms with Crippen LogP contribution in [0.3, 0.4) is 0 Å². The first-order valence-corrected chi connectivity index (χ1v) is 11.3. The molecule has 1 N–H and O–H groups in total. The first-order valence-electron chi connectivity index (χ1n) is 11.3. The molecule has 5 rings (SSSR count). The fraction of sp³-hybridized carbons (Fsp3) is 0.478. The van der Waals surface area contributed by atoms with Gasteiger partial charge in [0.1, 0.15) is 11.3 Å². The predicted molar refractivity (Wildman–Crippen MR) is 121 cm³/mol. The van der Waals surface area contributed by atoms with Gasteiger partial charge in [-0.2, -0.15) is 4.98 Å². The second-order valence-electron chi connectivity index (χ2n) is 8.26. The number of halogens is 1. The lowest BCUT2D eigenvalue weighted by atomic mass is 9.93. The van der Waals surface area contributed by atoms with Crippen LogP contribution in [0, 0.1) is 5.82 Å². The van der Waals surface area contributed by atoms with Crippen molar-refractivity contribution in [3.8, 4) is 11.8 Å². The van der Waals surface area contributed by atoms with Crippen LogP contribution in [0.1, 0.15) is 25.7 Å². The maximum absolute atomic E-state index is 14.1. The molecular formula is C23H27FN6O3. The van der Waals surface area contributed by atoms with E-state index < -0.39 is 5.82 Å². The van der Waals surface area contributed by atoms with Gasteiger partial charge in [-0.25, -0.2) is 14.4 Å². The van der Waals surface area contributed by atoms with Crippen molar-refractivity contribution in [2.45, 2.75) is 37.8 Å². The smallest absolute Gasteiger partial charge is 0.318 e. The van der Waals surface area contributed by atoms with E-state index >= 15 is 0 Å². The molecule has 1 saturated carbocycles. The van der Waals surface area contributed by atoms with E-state index in [2.05, 4.69) is 42.3 Å². The van der Waals surface area contributed by atoms with Gasteiger partial charge < -0.3 is 24.4 Å². The topological polar surface area (TPSA) is 94.5 Å². The van der Waals surface area contributed by atoms with Crippen LogP contribution in [0.15, 0.2) is 30.7 Å². The van der Waals surface area contributed by atoms with Crippen LogP contribution in [-0.2, 0) is 4.74 Å². The molecule has 9 nitrogen and oxygen atoms in total. The first kappa shape index (κ1) is 21.6. The van der Waals surface area contributed by atoms with E-state index in [9.17, 15) is 4.39 Å². The van der Waals surface area contributed by atoms with E-state index in [0.717, 1.165) is 67.4 Å². The van der Waals surface area contributed by atoms with Gasteiger partial charge in [0.15, 0.2) is 11.6 Å². The van der Waals surface area contributed by atoms with Gasteiger partial charge in [0.25, 0.3) is 0 Å². The average Bonchev–Trinajstić information content (AvgIpc) is 2.87. The molecule has 0 spiro atoms. The number of morpholine rings is 1. The van der Waals surface area contributed by atoms with Crippen LogP contribution in [0.4, 0.5) is 15.9 Å². The van der Waals surface area contributed by atoms with Gasteiger partial charge in [0.05, 0.1) is 38.1 Å². The molecule has 0 amide bonds. The molecule has 3 aromatic rings. The summed E-state index contributed by atoms with van der Waals surface area (Å²) in [6.07, 6.45) is 7.92. The third-order valence-electron chi connectivity index (χ3n) is 6.11. The van der Waals surface area contributed by atoms with E-state index in [1.54, 1.807) is 12.4 Å². The number of ether oxygens (including phenoxy) is 3. The Bertz CT molecular complexity index is 1100. The van der Waals surface area contributed by atoms with Gasteiger partial charge in [-0.3, -0.25) is 4.98 Å². The maximum Gasteiger partial charge on any atom is 0.318 e. The Morgan fingerprint density at radius 3 is 2.64 bits per heavy atom. The van der Waals surface area contributed by atoms with E-state index in [4.69, 9.17) is 14.2 Å². The van der Waals surface area contributed by atoms with Gasteiger partial charge in [-0.1, -0.05) is 0 Å². The third-order valence-corrected chi connectivity index (χ3v) is 6.11. The number of anilines is 2. The summed E-state index contributed by atoms with van der Waals surface area (Å²) < 4.78 is 31.0. The molecule has 2 aliphatic rings. The predicted octanol–water partition coefficient (Wildman–Crippen LogP) is 3.21. The van der Waals surface area contributed by atoms with Gasteiger partial charge in [-0.15, -0.1) is 0 Å². The quantitative estimate of drug-likeness (QED) is 0.602. The van der Waals surface area contributed by atoms with Gasteiger partial charge >= 0.3 is 6.01 Å². The molecule has 0 atom stereocenters. The Morgan fingerprint density at radius 2 is 1.85 bits per heavy atom. The Kier molecular flexibility index (Phi) is 6.34. The first-order chi connectivity index (χ1) is 16.2. The second kappa shape index (κ2) is 9.70. The minimum Gasteiger partial charge on any atom is -0.488 e. The number of aromatic nitrogens is 4. The molecular weight excluding hydrogens is 427 g/mol. The molecule has 0 radical (unpaired) electrons. The van der Waals surface area contributed by atoms with Crippen LogP contribution in [0.2, 0.25) is 0 Å². The van der Waals surface area contributed by atoms with Crippen molar-refractivity contribution in [3.63, 3.8) is 0 Å². The number of fused-ring (bicyclic) bond motifs is 1. The molecule has 10 heteroatoms. The Morgan fingerprint density at radius 1 is 1.06 bits per heavy atom. The van der Waals surface area contributed by atoms with Crippen LogP contribution < -0.4 is 19.7 Å². The Hall–Kier alpha value is -3.27. The monoisotopic (exact) mass is 454 g/mol. The van der Waals surface area contributed by atoms with Gasteiger partial charge in [0.2, 0.25) is 0 Å². The van der Waals surface area contributed by atoms with Crippen molar-refractivity contribution >= 4 is 22.5 Å². The lowest BCUT2D eigenvalue weighted by Crippen LogP contribution is -2.36. The van der Waals surface area contributed by atoms with Crippen LogP contribution >= 0.6 is 0 Å². The number of hydrogen-bond donors (Lipinski definition) is 1. The largest absolute Gasteiger partial charge is 0.488 e. The summed E-state index contributed by atoms with van der Waals surface area (Å²) in [7, 11) is 1.46. The second-order valence-corrected chi connectivity index (χ2v) is 8.26. The van der Waals surface area contributed by atoms with E-state index in [1.807, 2.05) is 0 Å². The fourth-order valence-corrected chi connectivity index (χ4v) is 4.37. The van der Waals surface area contributed by atoms with Crippen LogP contribution in [-0.4, -0.2) is 65.5 Å². The fourth-order valence-electron chi connectivity index (χ4n) is 4.37. The highest BCUT2D eigenvalue weighted by Crippen LogP contribution is 2.33. The minimum absolute atomic E-state index is 0.0537. The summed E-state index contributed by atoms with van der Waals surface area (Å²) in [6, 6.07) is 4.38. The normalized spacial score (nSPS) is 21.1. The van der Waals surface area contributed by atoms with E-state index in [0.29, 0.717) is 13.2 Å². The highest BCUT2D eigenvalue weighted by atomic mass is 19.1. The Balaban J connectivity index is 1.27. The molecule has 33 heavy (non-hydrogen) atoms. The molecule has 2 fully saturated rings. The molecule has 1 saturated heterocycles. The number of methoxy groups -OCH3 is 1. The third kappa shape index (κ3) is 4.90. The molecule has 174 valence electrons. The highest BCUT2D eigenvalue weighted by Gasteiger charge is 2.25. The van der Waals surface area contributed by atoms with Crippen LogP contribution in [0.5, 0.6) is 11.8 Å². The summed E-state index contributed by atoms with van der Waals surface area (Å²) in [5.41, 5.74) is 2.66. The number of rotatable bonds is 6. The molecule has 0 bridgehead atoms. The molecule has 1 aliphatic carbocycles. The molecule has 3 heterocycles. The summed E-state index contributed by atoms with van der Waals surface area (Å²) in [4.78, 5) is 19.2. The zero-order valence-corrected chi connectivity index (χ0v) is 18.5. The summed E-state index contributed by atoms with van der Waals surface area (Å²) in [5, 5.41) is 3.19. The zero-order chi connectivity index (χ0) is 22.6. The van der Waals surface area contributed by atoms with Crippen LogP contribution in [0.25, 0.3) is 11.0 Å². The van der Waals surface area contributed by atoms with E-state index in [1.165, 1.54) is 7.11 Å². The minimum atomic E-state index is -0.487. The Labute approximate surface area is 191 Å². The number of hydrogen-bond acceptors (Lipinski definition) is 9. The molecule has 0 unspecified atom stereocenters. The number of nitrogens with zero attached hydrogens (tertiary/aromatic N) is 5. The average molecular weight is 455 g/mol. The summed E-state index contributed by atoms with van der Waals surface area (Å²) in [5.74, 6) is 0.440. The van der Waals surface area contributed by atoms with Gasteiger partial charge in [-0.05, 0) is 31.7 Å². The number of benzene rings is 1. The van der Waals surface area contributed by atoms with Crippen molar-refractivity contribution in [2.24, 2.45) is 0 Å². The van der Waals surface area contributed by atoms with Crippen molar-refractivity contribution in [2.75, 3.05) is 43.6 Å². The molecule has 2 aromatic heterocycles. The SMILES string of the molecule is COc1ncc(F)c(NC2CCC(Oc3cc(N4CCOCC4)cc4nccnc34)CC2)n1. The maximum atomic E-state index is 14.1. The summed E-state index contributed by atoms with van der Waals surface area (Å²) in [6.45, 7) is 3.10. The van der Waals surface area contributed by atoms with Crippen molar-refractivity contribution < 1.29 is 18.6 Å². The number of nitrogens with one attached hydrogen (secondary N) is 1. The van der Waals surface area contributed by atoms with Crippen molar-refractivity contribution in [1.29, 1.82) is 0 Å². The van der Waals surface area contributed by atoms with E-state index in [-0.39, 0.29) is 24.0 Å². The highest BCUT2D eigenvalue weighted by molar-refractivity contribution is 5.85. The lowest BCUT2D eigenvalue weighted by molar-refractivity contribution is 0.122. The lowest BCUT2D eigenvalue weighted by Gasteiger charge is -2.31. The van der Waals surface area contributed by atoms with Crippen molar-refractivity contribution in [3.05, 3.63) is 36.5 Å². The molecule has 1 aliphatic heterocycles. The zero-order valence-electron chi connectivity index (χ0n) is 18.5. The van der Waals surface area contributed by atoms with Crippen molar-refractivity contribution in [1.82, 2.24) is 19.9 Å².